The molecule has 5 nitrogen and oxygen atoms in total. The molecule has 2 aliphatic carbocycles. The Balaban J connectivity index is 1.58. The van der Waals surface area contributed by atoms with Crippen LogP contribution >= 0.6 is 0 Å². The Hall–Kier alpha value is -2.28. The van der Waals surface area contributed by atoms with Crippen LogP contribution in [0.5, 0.6) is 0 Å². The molecule has 1 aliphatic heterocycles. The molecule has 1 fully saturated rings. The summed E-state index contributed by atoms with van der Waals surface area (Å²) in [5.74, 6) is 0. The van der Waals surface area contributed by atoms with Gasteiger partial charge in [-0.15, -0.1) is 0 Å². The highest BCUT2D eigenvalue weighted by atomic mass is 16.5. The van der Waals surface area contributed by atoms with Gasteiger partial charge in [0.1, 0.15) is 30.5 Å². The summed E-state index contributed by atoms with van der Waals surface area (Å²) in [6.45, 7) is -0.432. The zero-order chi connectivity index (χ0) is 19.7. The van der Waals surface area contributed by atoms with E-state index in [4.69, 9.17) is 4.74 Å². The van der Waals surface area contributed by atoms with Gasteiger partial charge in [0.15, 0.2) is 0 Å². The van der Waals surface area contributed by atoms with E-state index in [-0.39, 0.29) is 0 Å². The number of hydrogen-bond acceptors (Lipinski definition) is 5. The Morgan fingerprint density at radius 3 is 2.11 bits per heavy atom. The maximum absolute atomic E-state index is 10.4. The second kappa shape index (κ2) is 7.99. The van der Waals surface area contributed by atoms with Crippen molar-refractivity contribution in [2.45, 2.75) is 36.9 Å². The molecule has 28 heavy (non-hydrogen) atoms. The summed E-state index contributed by atoms with van der Waals surface area (Å²) in [7, 11) is 0. The molecular formula is C23H24O5. The fourth-order valence-electron chi connectivity index (χ4n) is 3.87. The minimum Gasteiger partial charge on any atom is -0.394 e. The molecule has 5 atom stereocenters. The second-order valence-electron chi connectivity index (χ2n) is 7.36. The van der Waals surface area contributed by atoms with Crippen LogP contribution in [0.4, 0.5) is 0 Å². The number of benzene rings is 1. The van der Waals surface area contributed by atoms with Gasteiger partial charge < -0.3 is 25.2 Å². The first-order chi connectivity index (χ1) is 13.6. The third-order valence-electron chi connectivity index (χ3n) is 5.37. The molecule has 3 aliphatic rings. The highest BCUT2D eigenvalue weighted by molar-refractivity contribution is 5.68. The molecule has 1 aromatic carbocycles. The van der Waals surface area contributed by atoms with Crippen molar-refractivity contribution >= 4 is 0 Å². The van der Waals surface area contributed by atoms with Gasteiger partial charge in [-0.1, -0.05) is 66.7 Å². The van der Waals surface area contributed by atoms with Gasteiger partial charge in [0.05, 0.1) is 6.61 Å². The summed E-state index contributed by atoms with van der Waals surface area (Å²) < 4.78 is 5.67. The molecule has 1 aromatic rings. The van der Waals surface area contributed by atoms with E-state index < -0.39 is 37.1 Å². The average molecular weight is 380 g/mol. The van der Waals surface area contributed by atoms with Crippen LogP contribution in [-0.4, -0.2) is 51.4 Å². The van der Waals surface area contributed by atoms with Crippen LogP contribution < -0.4 is 0 Å². The summed E-state index contributed by atoms with van der Waals surface area (Å²) >= 11 is 0. The van der Waals surface area contributed by atoms with Crippen LogP contribution in [0.15, 0.2) is 66.7 Å². The molecule has 1 heterocycles. The zero-order valence-corrected chi connectivity index (χ0v) is 15.3. The van der Waals surface area contributed by atoms with Crippen molar-refractivity contribution in [2.75, 3.05) is 6.61 Å². The quantitative estimate of drug-likeness (QED) is 0.555. The van der Waals surface area contributed by atoms with E-state index in [9.17, 15) is 20.4 Å². The Morgan fingerprint density at radius 2 is 1.43 bits per heavy atom. The number of rotatable bonds is 4. The lowest BCUT2D eigenvalue weighted by atomic mass is 9.90. The van der Waals surface area contributed by atoms with Crippen LogP contribution in [-0.2, 0) is 11.2 Å². The fourth-order valence-corrected chi connectivity index (χ4v) is 3.87. The maximum Gasteiger partial charge on any atom is 0.113 e. The van der Waals surface area contributed by atoms with Crippen LogP contribution in [0.3, 0.4) is 0 Å². The van der Waals surface area contributed by atoms with E-state index in [2.05, 4.69) is 24.3 Å². The van der Waals surface area contributed by atoms with Crippen molar-refractivity contribution < 1.29 is 25.2 Å². The first kappa shape index (κ1) is 19.1. The van der Waals surface area contributed by atoms with Crippen LogP contribution in [0, 0.1) is 0 Å². The van der Waals surface area contributed by atoms with Crippen LogP contribution in [0.25, 0.3) is 11.1 Å². The molecule has 5 heteroatoms. The molecular weight excluding hydrogens is 356 g/mol. The number of fused-ring (bicyclic) bond motifs is 1. The first-order valence-corrected chi connectivity index (χ1v) is 9.44. The van der Waals surface area contributed by atoms with Crippen molar-refractivity contribution in [3.8, 4) is 11.1 Å². The Labute approximate surface area is 163 Å². The molecule has 0 radical (unpaired) electrons. The number of aliphatic hydroxyl groups excluding tert-OH is 4. The second-order valence-corrected chi connectivity index (χ2v) is 7.36. The van der Waals surface area contributed by atoms with Gasteiger partial charge in [-0.3, -0.25) is 0 Å². The lowest BCUT2D eigenvalue weighted by Gasteiger charge is -2.40. The van der Waals surface area contributed by atoms with Crippen molar-refractivity contribution in [3.05, 3.63) is 83.4 Å². The van der Waals surface area contributed by atoms with Gasteiger partial charge in [0, 0.05) is 0 Å². The van der Waals surface area contributed by atoms with Crippen molar-refractivity contribution in [3.63, 3.8) is 0 Å². The molecule has 1 unspecified atom stereocenters. The highest BCUT2D eigenvalue weighted by Gasteiger charge is 2.43. The summed E-state index contributed by atoms with van der Waals surface area (Å²) in [6, 6.07) is 22.2. The van der Waals surface area contributed by atoms with E-state index in [1.807, 2.05) is 42.5 Å². The smallest absolute Gasteiger partial charge is 0.113 e. The molecule has 1 saturated heterocycles. The minimum atomic E-state index is -1.37. The average Bonchev–Trinajstić information content (AvgIpc) is 2.94. The molecule has 4 N–H and O–H groups in total. The van der Waals surface area contributed by atoms with Crippen LogP contribution in [0.2, 0.25) is 0 Å². The van der Waals surface area contributed by atoms with Gasteiger partial charge in [-0.05, 0) is 34.2 Å². The van der Waals surface area contributed by atoms with Gasteiger partial charge in [-0.2, -0.15) is 0 Å². The SMILES string of the molecule is OC[C@H]1OC(c2cccc(Cc3cc4cccccc-4c3)c2)[C@H](O)[C@@H](O)[C@@H]1O. The lowest BCUT2D eigenvalue weighted by Crippen LogP contribution is -2.55. The lowest BCUT2D eigenvalue weighted by molar-refractivity contribution is -0.231. The molecule has 0 saturated carbocycles. The number of hydrogen-bond donors (Lipinski definition) is 4. The van der Waals surface area contributed by atoms with Gasteiger partial charge in [0.2, 0.25) is 0 Å². The van der Waals surface area contributed by atoms with Gasteiger partial charge >= 0.3 is 0 Å². The minimum absolute atomic E-state index is 0.432. The maximum atomic E-state index is 10.4. The van der Waals surface area contributed by atoms with E-state index in [0.717, 1.165) is 12.0 Å². The van der Waals surface area contributed by atoms with Crippen molar-refractivity contribution in [1.82, 2.24) is 0 Å². The summed E-state index contributed by atoms with van der Waals surface area (Å²) in [4.78, 5) is 0. The summed E-state index contributed by atoms with van der Waals surface area (Å²) in [5.41, 5.74) is 5.31. The number of ether oxygens (including phenoxy) is 1. The third-order valence-corrected chi connectivity index (χ3v) is 5.37. The molecule has 0 amide bonds. The molecule has 0 aromatic heterocycles. The normalized spacial score (nSPS) is 27.8. The van der Waals surface area contributed by atoms with Crippen molar-refractivity contribution in [2.24, 2.45) is 0 Å². The van der Waals surface area contributed by atoms with E-state index in [0.29, 0.717) is 5.56 Å². The standard InChI is InChI=1S/C23H24O5/c24-13-19-20(25)21(26)22(27)23(28-19)18-8-4-5-14(10-18)9-15-11-16-6-2-1-3-7-17(16)12-15/h1-8,10-12,19-27H,9,13H2/t19-,20-,21+,22-,23?/m1/s1. The first-order valence-electron chi connectivity index (χ1n) is 9.44. The largest absolute Gasteiger partial charge is 0.394 e. The van der Waals surface area contributed by atoms with E-state index >= 15 is 0 Å². The third kappa shape index (κ3) is 3.68. The molecule has 0 spiro atoms. The number of aliphatic hydroxyl groups is 4. The molecule has 4 rings (SSSR count). The van der Waals surface area contributed by atoms with E-state index in [1.54, 1.807) is 0 Å². The zero-order valence-electron chi connectivity index (χ0n) is 15.3. The van der Waals surface area contributed by atoms with Crippen molar-refractivity contribution in [1.29, 1.82) is 0 Å². The Kier molecular flexibility index (Phi) is 5.44. The topological polar surface area (TPSA) is 90.2 Å². The predicted molar refractivity (Wildman–Crippen MR) is 105 cm³/mol. The Morgan fingerprint density at radius 1 is 0.714 bits per heavy atom. The fraction of sp³-hybridized carbons (Fsp3) is 0.304. The van der Waals surface area contributed by atoms with Crippen LogP contribution in [0.1, 0.15) is 22.8 Å². The summed E-state index contributed by atoms with van der Waals surface area (Å²) in [5, 5.41) is 39.8. The van der Waals surface area contributed by atoms with Gasteiger partial charge in [0.25, 0.3) is 0 Å². The highest BCUT2D eigenvalue weighted by Crippen LogP contribution is 2.33. The van der Waals surface area contributed by atoms with Gasteiger partial charge in [-0.25, -0.2) is 0 Å². The van der Waals surface area contributed by atoms with E-state index in [1.165, 1.54) is 16.7 Å². The Bertz CT molecular complexity index is 878. The predicted octanol–water partition coefficient (Wildman–Crippen LogP) is 1.90. The molecule has 0 bridgehead atoms. The molecule has 146 valence electrons. The monoisotopic (exact) mass is 380 g/mol. The summed E-state index contributed by atoms with van der Waals surface area (Å²) in [6.07, 6.45) is -4.99.